The number of ether oxygens (including phenoxy) is 1. The summed E-state index contributed by atoms with van der Waals surface area (Å²) < 4.78 is 6.06. The lowest BCUT2D eigenvalue weighted by atomic mass is 9.87. The Morgan fingerprint density at radius 1 is 1.00 bits per heavy atom. The molecule has 5 rings (SSSR count). The molecule has 1 amide bonds. The number of aliphatic imine (C=N–C) groups is 1. The minimum absolute atomic E-state index is 0.0610. The van der Waals surface area contributed by atoms with Crippen LogP contribution in [-0.2, 0) is 10.5 Å². The number of fused-ring (bicyclic) bond motifs is 2. The van der Waals surface area contributed by atoms with Crippen LogP contribution in [0.15, 0.2) is 77.8 Å². The number of amides is 1. The van der Waals surface area contributed by atoms with E-state index in [0.717, 1.165) is 33.5 Å². The van der Waals surface area contributed by atoms with Crippen LogP contribution < -0.4 is 4.74 Å². The lowest BCUT2D eigenvalue weighted by Crippen LogP contribution is -2.38. The van der Waals surface area contributed by atoms with Gasteiger partial charge in [-0.05, 0) is 24.6 Å². The molecule has 2 aliphatic rings. The molecule has 0 N–H and O–H groups in total. The van der Waals surface area contributed by atoms with Crippen molar-refractivity contribution in [3.63, 3.8) is 0 Å². The predicted octanol–water partition coefficient (Wildman–Crippen LogP) is 5.36. The number of carbonyl (C=O) groups is 1. The van der Waals surface area contributed by atoms with Crippen molar-refractivity contribution in [3.05, 3.63) is 95.1 Å². The maximum absolute atomic E-state index is 13.8. The summed E-state index contributed by atoms with van der Waals surface area (Å²) in [5, 5.41) is 0.807. The van der Waals surface area contributed by atoms with Gasteiger partial charge in [-0.2, -0.15) is 0 Å². The van der Waals surface area contributed by atoms with E-state index in [1.165, 1.54) is 11.1 Å². The van der Waals surface area contributed by atoms with Gasteiger partial charge in [-0.15, -0.1) is 0 Å². The first-order chi connectivity index (χ1) is 14.7. The van der Waals surface area contributed by atoms with Gasteiger partial charge in [0.2, 0.25) is 5.91 Å². The zero-order valence-electron chi connectivity index (χ0n) is 16.7. The molecule has 2 aliphatic heterocycles. The fourth-order valence-electron chi connectivity index (χ4n) is 3.92. The molecular formula is C25H22N2O2S. The third-order valence-electron chi connectivity index (χ3n) is 5.48. The molecule has 3 aromatic rings. The van der Waals surface area contributed by atoms with E-state index in [9.17, 15) is 4.79 Å². The smallest absolute Gasteiger partial charge is 0.240 e. The summed E-state index contributed by atoms with van der Waals surface area (Å²) in [6, 6.07) is 24.1. The van der Waals surface area contributed by atoms with Crippen LogP contribution in [0.5, 0.6) is 11.5 Å². The molecule has 150 valence electrons. The molecule has 2 heterocycles. The number of carbonyl (C=O) groups excluding carboxylic acids is 1. The van der Waals surface area contributed by atoms with E-state index in [1.807, 2.05) is 53.4 Å². The van der Waals surface area contributed by atoms with Gasteiger partial charge in [0.05, 0.1) is 12.5 Å². The minimum atomic E-state index is -0.380. The lowest BCUT2D eigenvalue weighted by Gasteiger charge is -2.30. The van der Waals surface area contributed by atoms with Gasteiger partial charge in [-0.3, -0.25) is 14.7 Å². The van der Waals surface area contributed by atoms with Crippen LogP contribution in [-0.4, -0.2) is 29.1 Å². The monoisotopic (exact) mass is 414 g/mol. The lowest BCUT2D eigenvalue weighted by molar-refractivity contribution is -0.127. The molecule has 5 heteroatoms. The quantitative estimate of drug-likeness (QED) is 0.579. The number of benzene rings is 3. The molecule has 3 aromatic carbocycles. The fraction of sp³-hybridized carbons (Fsp3) is 0.200. The Morgan fingerprint density at radius 2 is 1.63 bits per heavy atom. The Kier molecular flexibility index (Phi) is 5.05. The van der Waals surface area contributed by atoms with E-state index < -0.39 is 0 Å². The van der Waals surface area contributed by atoms with Gasteiger partial charge in [-0.1, -0.05) is 78.0 Å². The first-order valence-corrected chi connectivity index (χ1v) is 11.1. The third kappa shape index (κ3) is 3.50. The van der Waals surface area contributed by atoms with Crippen LogP contribution >= 0.6 is 11.8 Å². The molecule has 0 radical (unpaired) electrons. The zero-order valence-corrected chi connectivity index (χ0v) is 17.6. The van der Waals surface area contributed by atoms with Crippen molar-refractivity contribution in [3.8, 4) is 11.5 Å². The zero-order chi connectivity index (χ0) is 20.5. The van der Waals surface area contributed by atoms with Crippen molar-refractivity contribution in [2.75, 3.05) is 13.1 Å². The summed E-state index contributed by atoms with van der Waals surface area (Å²) in [6.07, 6.45) is 0. The van der Waals surface area contributed by atoms with Crippen molar-refractivity contribution in [2.45, 2.75) is 18.6 Å². The highest BCUT2D eigenvalue weighted by Crippen LogP contribution is 2.45. The molecular weight excluding hydrogens is 392 g/mol. The molecule has 0 unspecified atom stereocenters. The summed E-state index contributed by atoms with van der Waals surface area (Å²) in [5.41, 5.74) is 4.30. The van der Waals surface area contributed by atoms with Gasteiger partial charge in [0.25, 0.3) is 0 Å². The van der Waals surface area contributed by atoms with E-state index in [-0.39, 0.29) is 11.8 Å². The summed E-state index contributed by atoms with van der Waals surface area (Å²) in [6.45, 7) is 3.35. The second-order valence-electron chi connectivity index (χ2n) is 7.54. The molecule has 0 aromatic heterocycles. The number of hydrogen-bond acceptors (Lipinski definition) is 4. The van der Waals surface area contributed by atoms with Gasteiger partial charge in [0.15, 0.2) is 5.17 Å². The molecule has 0 spiro atoms. The van der Waals surface area contributed by atoms with Crippen LogP contribution in [0, 0.1) is 6.92 Å². The topological polar surface area (TPSA) is 41.9 Å². The Bertz CT molecular complexity index is 1080. The average Bonchev–Trinajstić information content (AvgIpc) is 3.25. The van der Waals surface area contributed by atoms with Crippen molar-refractivity contribution in [2.24, 2.45) is 4.99 Å². The van der Waals surface area contributed by atoms with E-state index in [1.54, 1.807) is 11.8 Å². The maximum atomic E-state index is 13.8. The first-order valence-electron chi connectivity index (χ1n) is 10.1. The number of hydrogen-bond donors (Lipinski definition) is 0. The minimum Gasteiger partial charge on any atom is -0.457 e. The van der Waals surface area contributed by atoms with Crippen molar-refractivity contribution in [1.82, 2.24) is 4.90 Å². The summed E-state index contributed by atoms with van der Waals surface area (Å²) >= 11 is 1.63. The van der Waals surface area contributed by atoms with E-state index in [2.05, 4.69) is 36.2 Å². The van der Waals surface area contributed by atoms with Crippen molar-refractivity contribution < 1.29 is 9.53 Å². The Labute approximate surface area is 180 Å². The Balaban J connectivity index is 1.41. The van der Waals surface area contributed by atoms with Crippen LogP contribution in [0.4, 0.5) is 0 Å². The number of para-hydroxylation sites is 2. The van der Waals surface area contributed by atoms with Gasteiger partial charge >= 0.3 is 0 Å². The van der Waals surface area contributed by atoms with Crippen LogP contribution in [0.25, 0.3) is 0 Å². The number of rotatable bonds is 3. The van der Waals surface area contributed by atoms with Crippen molar-refractivity contribution in [1.29, 1.82) is 0 Å². The summed E-state index contributed by atoms with van der Waals surface area (Å²) in [7, 11) is 0. The largest absolute Gasteiger partial charge is 0.457 e. The van der Waals surface area contributed by atoms with Crippen LogP contribution in [0.3, 0.4) is 0 Å². The fourth-order valence-corrected chi connectivity index (χ4v) is 4.93. The second kappa shape index (κ2) is 8.00. The second-order valence-corrected chi connectivity index (χ2v) is 8.48. The third-order valence-corrected chi connectivity index (χ3v) is 6.57. The first kappa shape index (κ1) is 18.9. The van der Waals surface area contributed by atoms with Crippen molar-refractivity contribution >= 4 is 22.8 Å². The van der Waals surface area contributed by atoms with Crippen LogP contribution in [0.1, 0.15) is 28.2 Å². The molecule has 0 bridgehead atoms. The summed E-state index contributed by atoms with van der Waals surface area (Å²) in [4.78, 5) is 20.2. The molecule has 0 saturated carbocycles. The number of nitrogens with zero attached hydrogens (tertiary/aromatic N) is 2. The SMILES string of the molecule is Cc1ccc(CSC2=NCCN2C(=O)C2c3ccccc3Oc3ccccc32)cc1. The number of amidine groups is 1. The maximum Gasteiger partial charge on any atom is 0.240 e. The molecule has 0 fully saturated rings. The van der Waals surface area contributed by atoms with E-state index >= 15 is 0 Å². The highest BCUT2D eigenvalue weighted by Gasteiger charge is 2.37. The Morgan fingerprint density at radius 3 is 2.30 bits per heavy atom. The standard InChI is InChI=1S/C25H22N2O2S/c1-17-10-12-18(13-11-17)16-30-25-26-14-15-27(25)24(28)23-19-6-2-4-8-21(19)29-22-9-5-3-7-20(22)23/h2-13,23H,14-16H2,1H3. The van der Waals surface area contributed by atoms with Crippen LogP contribution in [0.2, 0.25) is 0 Å². The Hall–Kier alpha value is -3.05. The van der Waals surface area contributed by atoms with Gasteiger partial charge < -0.3 is 4.74 Å². The normalized spacial score (nSPS) is 15.2. The number of aryl methyl sites for hydroxylation is 1. The molecule has 0 atom stereocenters. The molecule has 30 heavy (non-hydrogen) atoms. The summed E-state index contributed by atoms with van der Waals surface area (Å²) in [5.74, 6) is 1.98. The van der Waals surface area contributed by atoms with E-state index in [0.29, 0.717) is 13.1 Å². The van der Waals surface area contributed by atoms with Gasteiger partial charge in [0, 0.05) is 23.4 Å². The predicted molar refractivity (Wildman–Crippen MR) is 121 cm³/mol. The van der Waals surface area contributed by atoms with E-state index in [4.69, 9.17) is 4.74 Å². The average molecular weight is 415 g/mol. The molecule has 4 nitrogen and oxygen atoms in total. The molecule has 0 aliphatic carbocycles. The highest BCUT2D eigenvalue weighted by atomic mass is 32.2. The highest BCUT2D eigenvalue weighted by molar-refractivity contribution is 8.13. The van der Waals surface area contributed by atoms with Gasteiger partial charge in [-0.25, -0.2) is 0 Å². The number of thioether (sulfide) groups is 1. The molecule has 0 saturated heterocycles. The van der Waals surface area contributed by atoms with Gasteiger partial charge in [0.1, 0.15) is 11.5 Å².